The topological polar surface area (TPSA) is 39.1 Å². The van der Waals surface area contributed by atoms with Gasteiger partial charge >= 0.3 is 0 Å². The van der Waals surface area contributed by atoms with Crippen molar-refractivity contribution in [3.05, 3.63) is 35.4 Å². The third kappa shape index (κ3) is 3.34. The molecule has 0 saturated carbocycles. The van der Waals surface area contributed by atoms with Crippen LogP contribution < -0.4 is 5.32 Å². The second kappa shape index (κ2) is 6.70. The third-order valence-electron chi connectivity index (χ3n) is 4.13. The van der Waals surface area contributed by atoms with E-state index in [1.54, 1.807) is 0 Å². The molecule has 1 aliphatic rings. The van der Waals surface area contributed by atoms with Crippen molar-refractivity contribution in [3.8, 4) is 6.07 Å². The van der Waals surface area contributed by atoms with Crippen LogP contribution in [0.1, 0.15) is 43.4 Å². The molecule has 0 amide bonds. The first kappa shape index (κ1) is 14.0. The molecule has 0 spiro atoms. The van der Waals surface area contributed by atoms with E-state index in [-0.39, 0.29) is 0 Å². The van der Waals surface area contributed by atoms with E-state index in [0.717, 1.165) is 12.1 Å². The van der Waals surface area contributed by atoms with Crippen molar-refractivity contribution in [2.75, 3.05) is 20.1 Å². The van der Waals surface area contributed by atoms with Crippen LogP contribution in [0, 0.1) is 11.3 Å². The summed E-state index contributed by atoms with van der Waals surface area (Å²) in [5, 5.41) is 12.2. The van der Waals surface area contributed by atoms with Crippen LogP contribution in [-0.2, 0) is 0 Å². The number of likely N-dealkylation sites (tertiary alicyclic amines) is 1. The van der Waals surface area contributed by atoms with Crippen molar-refractivity contribution in [3.63, 3.8) is 0 Å². The minimum absolute atomic E-state index is 0.423. The number of nitrogens with one attached hydrogen (secondary N) is 1. The first-order valence-electron chi connectivity index (χ1n) is 7.16. The zero-order valence-corrected chi connectivity index (χ0v) is 11.9. The maximum absolute atomic E-state index is 8.86. The smallest absolute Gasteiger partial charge is 0.0991 e. The Balaban J connectivity index is 2.11. The Kier molecular flexibility index (Phi) is 4.95. The normalized spacial score (nSPS) is 21.8. The summed E-state index contributed by atoms with van der Waals surface area (Å²) in [7, 11) is 2.03. The Hall–Kier alpha value is -1.37. The average Bonchev–Trinajstić information content (AvgIpc) is 2.47. The third-order valence-corrected chi connectivity index (χ3v) is 4.13. The van der Waals surface area contributed by atoms with Gasteiger partial charge in [-0.2, -0.15) is 5.26 Å². The molecule has 19 heavy (non-hydrogen) atoms. The number of piperidine rings is 1. The molecule has 1 aromatic carbocycles. The molecule has 0 aromatic heterocycles. The minimum atomic E-state index is 0.423. The molecule has 1 aromatic rings. The van der Waals surface area contributed by atoms with E-state index in [1.807, 2.05) is 19.2 Å². The maximum Gasteiger partial charge on any atom is 0.0991 e. The van der Waals surface area contributed by atoms with Gasteiger partial charge in [0, 0.05) is 18.6 Å². The van der Waals surface area contributed by atoms with Gasteiger partial charge in [0.1, 0.15) is 0 Å². The molecule has 2 unspecified atom stereocenters. The highest BCUT2D eigenvalue weighted by molar-refractivity contribution is 5.32. The number of benzene rings is 1. The minimum Gasteiger partial charge on any atom is -0.318 e. The molecule has 0 bridgehead atoms. The van der Waals surface area contributed by atoms with Crippen LogP contribution in [0.3, 0.4) is 0 Å². The Morgan fingerprint density at radius 1 is 1.37 bits per heavy atom. The van der Waals surface area contributed by atoms with Crippen LogP contribution in [0.4, 0.5) is 0 Å². The van der Waals surface area contributed by atoms with Crippen molar-refractivity contribution >= 4 is 0 Å². The molecule has 2 rings (SSSR count). The van der Waals surface area contributed by atoms with E-state index >= 15 is 0 Å². The molecule has 1 saturated heterocycles. The summed E-state index contributed by atoms with van der Waals surface area (Å²) in [6, 6.07) is 11.3. The van der Waals surface area contributed by atoms with E-state index < -0.39 is 0 Å². The molecule has 0 radical (unpaired) electrons. The number of nitrogens with zero attached hydrogens (tertiary/aromatic N) is 2. The van der Waals surface area contributed by atoms with E-state index in [9.17, 15) is 0 Å². The summed E-state index contributed by atoms with van der Waals surface area (Å²) in [6.07, 6.45) is 3.91. The van der Waals surface area contributed by atoms with Gasteiger partial charge < -0.3 is 5.32 Å². The van der Waals surface area contributed by atoms with Crippen molar-refractivity contribution in [1.82, 2.24) is 10.2 Å². The number of rotatable bonds is 4. The first-order chi connectivity index (χ1) is 9.26. The Labute approximate surface area is 116 Å². The molecule has 1 N–H and O–H groups in total. The monoisotopic (exact) mass is 257 g/mol. The van der Waals surface area contributed by atoms with Gasteiger partial charge in [0.15, 0.2) is 0 Å². The second-order valence-electron chi connectivity index (χ2n) is 5.35. The van der Waals surface area contributed by atoms with Gasteiger partial charge in [-0.15, -0.1) is 0 Å². The molecule has 3 heteroatoms. The van der Waals surface area contributed by atoms with Gasteiger partial charge in [-0.3, -0.25) is 4.90 Å². The first-order valence-corrected chi connectivity index (χ1v) is 7.16. The molecule has 3 nitrogen and oxygen atoms in total. The van der Waals surface area contributed by atoms with Gasteiger partial charge in [0.25, 0.3) is 0 Å². The second-order valence-corrected chi connectivity index (χ2v) is 5.35. The van der Waals surface area contributed by atoms with Gasteiger partial charge in [-0.1, -0.05) is 18.6 Å². The van der Waals surface area contributed by atoms with Crippen molar-refractivity contribution in [1.29, 1.82) is 5.26 Å². The van der Waals surface area contributed by atoms with Crippen LogP contribution >= 0.6 is 0 Å². The van der Waals surface area contributed by atoms with E-state index in [4.69, 9.17) is 5.26 Å². The molecular formula is C16H23N3. The molecule has 0 aliphatic carbocycles. The van der Waals surface area contributed by atoms with E-state index in [2.05, 4.69) is 35.3 Å². The molecule has 1 aliphatic heterocycles. The molecular weight excluding hydrogens is 234 g/mol. The summed E-state index contributed by atoms with van der Waals surface area (Å²) in [5.74, 6) is 0. The largest absolute Gasteiger partial charge is 0.318 e. The zero-order chi connectivity index (χ0) is 13.7. The Morgan fingerprint density at radius 2 is 2.11 bits per heavy atom. The van der Waals surface area contributed by atoms with E-state index in [0.29, 0.717) is 12.1 Å². The average molecular weight is 257 g/mol. The van der Waals surface area contributed by atoms with Gasteiger partial charge in [-0.05, 0) is 51.1 Å². The van der Waals surface area contributed by atoms with Crippen LogP contribution in [-0.4, -0.2) is 31.1 Å². The Morgan fingerprint density at radius 3 is 2.74 bits per heavy atom. The maximum atomic E-state index is 8.86. The van der Waals surface area contributed by atoms with Crippen LogP contribution in [0.2, 0.25) is 0 Å². The van der Waals surface area contributed by atoms with Crippen molar-refractivity contribution < 1.29 is 0 Å². The lowest BCUT2D eigenvalue weighted by Gasteiger charge is -2.40. The number of likely N-dealkylation sites (N-methyl/N-ethyl adjacent to an activating group) is 1. The number of nitriles is 1. The van der Waals surface area contributed by atoms with Crippen LogP contribution in [0.25, 0.3) is 0 Å². The fraction of sp³-hybridized carbons (Fsp3) is 0.562. The SMILES string of the molecule is CNCC1CCCCN1C(C)c1ccc(C#N)cc1. The van der Waals surface area contributed by atoms with Crippen LogP contribution in [0.5, 0.6) is 0 Å². The van der Waals surface area contributed by atoms with Crippen molar-refractivity contribution in [2.24, 2.45) is 0 Å². The fourth-order valence-electron chi connectivity index (χ4n) is 3.02. The summed E-state index contributed by atoms with van der Waals surface area (Å²) in [5.41, 5.74) is 2.04. The summed E-state index contributed by atoms with van der Waals surface area (Å²) < 4.78 is 0. The standard InChI is InChI=1S/C16H23N3/c1-13(15-8-6-14(11-17)7-9-15)19-10-4-3-5-16(19)12-18-2/h6-9,13,16,18H,3-5,10,12H2,1-2H3. The lowest BCUT2D eigenvalue weighted by atomic mass is 9.96. The molecule has 102 valence electrons. The lowest BCUT2D eigenvalue weighted by Crippen LogP contribution is -2.45. The molecule has 2 atom stereocenters. The van der Waals surface area contributed by atoms with Gasteiger partial charge in [0.2, 0.25) is 0 Å². The number of hydrogen-bond acceptors (Lipinski definition) is 3. The van der Waals surface area contributed by atoms with Gasteiger partial charge in [0.05, 0.1) is 11.6 Å². The highest BCUT2D eigenvalue weighted by atomic mass is 15.2. The molecule has 1 fully saturated rings. The summed E-state index contributed by atoms with van der Waals surface area (Å²) in [6.45, 7) is 4.50. The summed E-state index contributed by atoms with van der Waals surface area (Å²) in [4.78, 5) is 2.60. The van der Waals surface area contributed by atoms with Crippen LogP contribution in [0.15, 0.2) is 24.3 Å². The lowest BCUT2D eigenvalue weighted by molar-refractivity contribution is 0.103. The Bertz CT molecular complexity index is 430. The molecule has 1 heterocycles. The quantitative estimate of drug-likeness (QED) is 0.901. The highest BCUT2D eigenvalue weighted by Crippen LogP contribution is 2.28. The predicted molar refractivity (Wildman–Crippen MR) is 77.8 cm³/mol. The predicted octanol–water partition coefficient (Wildman–Crippen LogP) is 2.69. The summed E-state index contributed by atoms with van der Waals surface area (Å²) >= 11 is 0. The zero-order valence-electron chi connectivity index (χ0n) is 11.9. The number of hydrogen-bond donors (Lipinski definition) is 1. The van der Waals surface area contributed by atoms with Crippen molar-refractivity contribution in [2.45, 2.75) is 38.3 Å². The fourth-order valence-corrected chi connectivity index (χ4v) is 3.02. The van der Waals surface area contributed by atoms with Gasteiger partial charge in [-0.25, -0.2) is 0 Å². The highest BCUT2D eigenvalue weighted by Gasteiger charge is 2.26. The van der Waals surface area contributed by atoms with E-state index in [1.165, 1.54) is 31.4 Å².